The summed E-state index contributed by atoms with van der Waals surface area (Å²) in [4.78, 5) is 32.6. The Labute approximate surface area is 92.6 Å². The van der Waals surface area contributed by atoms with Crippen LogP contribution in [0, 0.1) is 5.92 Å². The van der Waals surface area contributed by atoms with Crippen molar-refractivity contribution in [2.75, 3.05) is 26.2 Å². The topological polar surface area (TPSA) is 108 Å². The Morgan fingerprint density at radius 3 is 2.56 bits per heavy atom. The Balaban J connectivity index is 2.15. The van der Waals surface area contributed by atoms with Crippen LogP contribution in [0.2, 0.25) is 0 Å². The van der Waals surface area contributed by atoms with Gasteiger partial charge in [0, 0.05) is 6.54 Å². The first-order valence-electron chi connectivity index (χ1n) is 5.06. The lowest BCUT2D eigenvalue weighted by Gasteiger charge is -2.09. The van der Waals surface area contributed by atoms with Crippen LogP contribution in [-0.2, 0) is 14.4 Å². The molecule has 0 aromatic carbocycles. The molecule has 1 fully saturated rings. The molecule has 1 aliphatic rings. The first-order chi connectivity index (χ1) is 7.59. The number of carboxylic acid groups (broad SMARTS) is 1. The third kappa shape index (κ3) is 4.26. The van der Waals surface area contributed by atoms with Crippen molar-refractivity contribution >= 4 is 17.8 Å². The molecule has 0 aliphatic carbocycles. The zero-order chi connectivity index (χ0) is 12.0. The van der Waals surface area contributed by atoms with E-state index in [9.17, 15) is 14.4 Å². The number of rotatable bonds is 5. The van der Waals surface area contributed by atoms with E-state index in [-0.39, 0.29) is 18.4 Å². The van der Waals surface area contributed by atoms with Crippen LogP contribution in [0.15, 0.2) is 0 Å². The fourth-order valence-corrected chi connectivity index (χ4v) is 1.43. The highest BCUT2D eigenvalue weighted by molar-refractivity contribution is 5.87. The summed E-state index contributed by atoms with van der Waals surface area (Å²) in [5.41, 5.74) is 0. The Morgan fingerprint density at radius 2 is 2.00 bits per heavy atom. The smallest absolute Gasteiger partial charge is 0.322 e. The van der Waals surface area contributed by atoms with E-state index in [2.05, 4.69) is 16.0 Å². The summed E-state index contributed by atoms with van der Waals surface area (Å²) < 4.78 is 0. The molecule has 7 nitrogen and oxygen atoms in total. The second kappa shape index (κ2) is 6.06. The Hall–Kier alpha value is -1.63. The predicted octanol–water partition coefficient (Wildman–Crippen LogP) is -2.09. The van der Waals surface area contributed by atoms with E-state index in [1.54, 1.807) is 0 Å². The van der Waals surface area contributed by atoms with Gasteiger partial charge in [0.1, 0.15) is 6.54 Å². The van der Waals surface area contributed by atoms with Crippen LogP contribution in [0.1, 0.15) is 6.42 Å². The van der Waals surface area contributed by atoms with Crippen LogP contribution in [0.25, 0.3) is 0 Å². The second-order valence-electron chi connectivity index (χ2n) is 3.58. The van der Waals surface area contributed by atoms with Crippen molar-refractivity contribution < 1.29 is 19.5 Å². The number of nitrogens with one attached hydrogen (secondary N) is 3. The number of amides is 2. The van der Waals surface area contributed by atoms with E-state index in [0.717, 1.165) is 13.0 Å². The fourth-order valence-electron chi connectivity index (χ4n) is 1.43. The van der Waals surface area contributed by atoms with Crippen LogP contribution in [0.3, 0.4) is 0 Å². The molecule has 4 N–H and O–H groups in total. The quantitative estimate of drug-likeness (QED) is 0.432. The summed E-state index contributed by atoms with van der Waals surface area (Å²) in [6.45, 7) is 0.828. The van der Waals surface area contributed by atoms with Crippen molar-refractivity contribution in [2.24, 2.45) is 5.92 Å². The monoisotopic (exact) mass is 229 g/mol. The average molecular weight is 229 g/mol. The predicted molar refractivity (Wildman–Crippen MR) is 54.6 cm³/mol. The maximum atomic E-state index is 11.4. The highest BCUT2D eigenvalue weighted by Crippen LogP contribution is 2.06. The Kier molecular flexibility index (Phi) is 4.71. The molecule has 1 heterocycles. The van der Waals surface area contributed by atoms with Crippen LogP contribution >= 0.6 is 0 Å². The molecular weight excluding hydrogens is 214 g/mol. The molecule has 0 aromatic rings. The highest BCUT2D eigenvalue weighted by Gasteiger charge is 2.22. The van der Waals surface area contributed by atoms with Crippen molar-refractivity contribution in [3.8, 4) is 0 Å². The van der Waals surface area contributed by atoms with Crippen LogP contribution in [0.4, 0.5) is 0 Å². The van der Waals surface area contributed by atoms with Crippen molar-refractivity contribution in [1.82, 2.24) is 16.0 Å². The number of aliphatic carboxylic acids is 1. The van der Waals surface area contributed by atoms with Gasteiger partial charge in [0.2, 0.25) is 11.8 Å². The molecule has 1 aliphatic heterocycles. The van der Waals surface area contributed by atoms with Gasteiger partial charge in [0.15, 0.2) is 0 Å². The highest BCUT2D eigenvalue weighted by atomic mass is 16.4. The number of carbonyl (C=O) groups is 3. The largest absolute Gasteiger partial charge is 0.480 e. The SMILES string of the molecule is O=C(O)CNC(=O)CNC(=O)C1CCNC1. The van der Waals surface area contributed by atoms with Gasteiger partial charge in [0.25, 0.3) is 0 Å². The van der Waals surface area contributed by atoms with Gasteiger partial charge in [-0.2, -0.15) is 0 Å². The third-order valence-electron chi connectivity index (χ3n) is 2.29. The molecule has 2 amide bonds. The second-order valence-corrected chi connectivity index (χ2v) is 3.58. The minimum absolute atomic E-state index is 0.0905. The van der Waals surface area contributed by atoms with Crippen molar-refractivity contribution in [2.45, 2.75) is 6.42 Å². The Morgan fingerprint density at radius 1 is 1.25 bits per heavy atom. The average Bonchev–Trinajstić information content (AvgIpc) is 2.76. The molecule has 1 atom stereocenters. The van der Waals surface area contributed by atoms with E-state index in [1.165, 1.54) is 0 Å². The summed E-state index contributed by atoms with van der Waals surface area (Å²) in [7, 11) is 0. The van der Waals surface area contributed by atoms with Gasteiger partial charge in [0.05, 0.1) is 12.5 Å². The lowest BCUT2D eigenvalue weighted by molar-refractivity contribution is -0.137. The maximum absolute atomic E-state index is 11.4. The van der Waals surface area contributed by atoms with E-state index < -0.39 is 18.4 Å². The first-order valence-corrected chi connectivity index (χ1v) is 5.06. The van der Waals surface area contributed by atoms with E-state index >= 15 is 0 Å². The van der Waals surface area contributed by atoms with Crippen LogP contribution in [0.5, 0.6) is 0 Å². The summed E-state index contributed by atoms with van der Waals surface area (Å²) in [5, 5.41) is 16.0. The number of hydrogen-bond acceptors (Lipinski definition) is 4. The number of carbonyl (C=O) groups excluding carboxylic acids is 2. The summed E-state index contributed by atoms with van der Waals surface area (Å²) in [6.07, 6.45) is 0.766. The molecule has 90 valence electrons. The fraction of sp³-hybridized carbons (Fsp3) is 0.667. The molecule has 0 radical (unpaired) electrons. The number of carboxylic acids is 1. The van der Waals surface area contributed by atoms with Crippen molar-refractivity contribution in [3.05, 3.63) is 0 Å². The zero-order valence-corrected chi connectivity index (χ0v) is 8.78. The molecule has 1 unspecified atom stereocenters. The van der Waals surface area contributed by atoms with Gasteiger partial charge in [-0.15, -0.1) is 0 Å². The van der Waals surface area contributed by atoms with E-state index in [0.29, 0.717) is 6.54 Å². The van der Waals surface area contributed by atoms with Crippen LogP contribution in [-0.4, -0.2) is 49.1 Å². The lowest BCUT2D eigenvalue weighted by Crippen LogP contribution is -2.41. The van der Waals surface area contributed by atoms with Gasteiger partial charge < -0.3 is 21.1 Å². The zero-order valence-electron chi connectivity index (χ0n) is 8.78. The molecule has 0 bridgehead atoms. The van der Waals surface area contributed by atoms with Gasteiger partial charge in [-0.3, -0.25) is 14.4 Å². The lowest BCUT2D eigenvalue weighted by atomic mass is 10.1. The minimum atomic E-state index is -1.11. The summed E-state index contributed by atoms with van der Waals surface area (Å²) in [6, 6.07) is 0. The molecule has 0 saturated carbocycles. The minimum Gasteiger partial charge on any atom is -0.480 e. The number of hydrogen-bond donors (Lipinski definition) is 4. The standard InChI is InChI=1S/C9H15N3O4/c13-7(11-5-8(14)15)4-12-9(16)6-1-2-10-3-6/h6,10H,1-5H2,(H,11,13)(H,12,16)(H,14,15). The van der Waals surface area contributed by atoms with E-state index in [4.69, 9.17) is 5.11 Å². The van der Waals surface area contributed by atoms with Gasteiger partial charge in [-0.1, -0.05) is 0 Å². The maximum Gasteiger partial charge on any atom is 0.322 e. The van der Waals surface area contributed by atoms with Gasteiger partial charge >= 0.3 is 5.97 Å². The van der Waals surface area contributed by atoms with E-state index in [1.807, 2.05) is 0 Å². The van der Waals surface area contributed by atoms with Crippen molar-refractivity contribution in [3.63, 3.8) is 0 Å². The van der Waals surface area contributed by atoms with Gasteiger partial charge in [-0.05, 0) is 13.0 Å². The third-order valence-corrected chi connectivity index (χ3v) is 2.29. The molecule has 16 heavy (non-hydrogen) atoms. The first kappa shape index (κ1) is 12.4. The molecular formula is C9H15N3O4. The Bertz CT molecular complexity index is 286. The normalized spacial score (nSPS) is 19.1. The van der Waals surface area contributed by atoms with Crippen molar-refractivity contribution in [1.29, 1.82) is 0 Å². The molecule has 0 spiro atoms. The summed E-state index contributed by atoms with van der Waals surface area (Å²) in [5.74, 6) is -1.87. The van der Waals surface area contributed by atoms with Gasteiger partial charge in [-0.25, -0.2) is 0 Å². The van der Waals surface area contributed by atoms with Crippen LogP contribution < -0.4 is 16.0 Å². The molecule has 7 heteroatoms. The molecule has 1 saturated heterocycles. The molecule has 0 aromatic heterocycles. The summed E-state index contributed by atoms with van der Waals surface area (Å²) >= 11 is 0. The molecule has 1 rings (SSSR count).